The summed E-state index contributed by atoms with van der Waals surface area (Å²) in [7, 11) is 1.62. The van der Waals surface area contributed by atoms with Gasteiger partial charge in [0.2, 0.25) is 5.91 Å². The molecule has 0 radical (unpaired) electrons. The van der Waals surface area contributed by atoms with E-state index in [1.165, 1.54) is 0 Å². The lowest BCUT2D eigenvalue weighted by molar-refractivity contribution is -0.115. The van der Waals surface area contributed by atoms with E-state index in [9.17, 15) is 4.79 Å². The molecule has 0 aliphatic rings. The Hall–Kier alpha value is -2.02. The number of hydrogen-bond acceptors (Lipinski definition) is 3. The number of rotatable bonds is 3. The Balaban J connectivity index is 3.04. The van der Waals surface area contributed by atoms with E-state index in [0.717, 1.165) is 11.3 Å². The van der Waals surface area contributed by atoms with Gasteiger partial charge in [0.15, 0.2) is 0 Å². The van der Waals surface area contributed by atoms with Crippen molar-refractivity contribution in [3.05, 3.63) is 23.8 Å². The minimum Gasteiger partial charge on any atom is -0.496 e. The van der Waals surface area contributed by atoms with Crippen LogP contribution in [-0.4, -0.2) is 13.0 Å². The van der Waals surface area contributed by atoms with Crippen LogP contribution in [0.5, 0.6) is 5.75 Å². The monoisotopic (exact) mass is 246 g/mol. The molecule has 0 fully saturated rings. The molecule has 1 amide bonds. The van der Waals surface area contributed by atoms with E-state index in [-0.39, 0.29) is 17.7 Å². The zero-order valence-corrected chi connectivity index (χ0v) is 11.2. The molecular weight excluding hydrogens is 228 g/mol. The number of ether oxygens (including phenoxy) is 1. The van der Waals surface area contributed by atoms with E-state index in [2.05, 4.69) is 26.1 Å². The number of nitrogens with zero attached hydrogens (tertiary/aromatic N) is 1. The zero-order chi connectivity index (χ0) is 13.8. The molecule has 4 nitrogen and oxygen atoms in total. The van der Waals surface area contributed by atoms with Crippen LogP contribution >= 0.6 is 0 Å². The predicted molar refractivity (Wildman–Crippen MR) is 70.6 cm³/mol. The number of methoxy groups -OCH3 is 1. The molecule has 0 aliphatic heterocycles. The predicted octanol–water partition coefficient (Wildman–Crippen LogP) is 2.84. The minimum atomic E-state index is -0.303. The third-order valence-electron chi connectivity index (χ3n) is 2.53. The second-order valence-electron chi connectivity index (χ2n) is 5.05. The van der Waals surface area contributed by atoms with Crippen LogP contribution < -0.4 is 10.1 Å². The molecule has 0 aromatic heterocycles. The van der Waals surface area contributed by atoms with Crippen LogP contribution in [0.15, 0.2) is 18.2 Å². The molecule has 0 saturated carbocycles. The van der Waals surface area contributed by atoms with Gasteiger partial charge < -0.3 is 10.1 Å². The third-order valence-corrected chi connectivity index (χ3v) is 2.53. The second-order valence-corrected chi connectivity index (χ2v) is 5.05. The molecule has 18 heavy (non-hydrogen) atoms. The molecular formula is C14H18N2O2. The maximum Gasteiger partial charge on any atom is 0.238 e. The van der Waals surface area contributed by atoms with Crippen molar-refractivity contribution in [3.8, 4) is 11.8 Å². The summed E-state index contributed by atoms with van der Waals surface area (Å²) in [4.78, 5) is 11.4. The topological polar surface area (TPSA) is 62.1 Å². The molecule has 0 aliphatic carbocycles. The van der Waals surface area contributed by atoms with Crippen LogP contribution in [0.4, 0.5) is 5.69 Å². The van der Waals surface area contributed by atoms with E-state index in [1.807, 2.05) is 18.2 Å². The van der Waals surface area contributed by atoms with Gasteiger partial charge in [-0.25, -0.2) is 0 Å². The first-order valence-corrected chi connectivity index (χ1v) is 5.74. The summed E-state index contributed by atoms with van der Waals surface area (Å²) in [5.41, 5.74) is 1.61. The van der Waals surface area contributed by atoms with Gasteiger partial charge in [-0.2, -0.15) is 5.26 Å². The molecule has 4 heteroatoms. The molecule has 0 saturated heterocycles. The minimum absolute atomic E-state index is 0.0820. The van der Waals surface area contributed by atoms with Gasteiger partial charge in [-0.1, -0.05) is 20.8 Å². The number of hydrogen-bond donors (Lipinski definition) is 1. The van der Waals surface area contributed by atoms with Gasteiger partial charge >= 0.3 is 0 Å². The van der Waals surface area contributed by atoms with Gasteiger partial charge in [0.1, 0.15) is 12.2 Å². The van der Waals surface area contributed by atoms with Crippen molar-refractivity contribution in [1.82, 2.24) is 0 Å². The van der Waals surface area contributed by atoms with Crippen molar-refractivity contribution in [1.29, 1.82) is 5.26 Å². The smallest absolute Gasteiger partial charge is 0.238 e. The highest BCUT2D eigenvalue weighted by molar-refractivity contribution is 5.92. The first-order chi connectivity index (χ1) is 8.38. The van der Waals surface area contributed by atoms with Crippen LogP contribution in [0.1, 0.15) is 32.8 Å². The van der Waals surface area contributed by atoms with Gasteiger partial charge in [0.25, 0.3) is 0 Å². The normalized spacial score (nSPS) is 10.6. The van der Waals surface area contributed by atoms with Gasteiger partial charge in [0.05, 0.1) is 13.2 Å². The van der Waals surface area contributed by atoms with Crippen LogP contribution in [0, 0.1) is 11.3 Å². The Morgan fingerprint density at radius 1 is 1.44 bits per heavy atom. The molecule has 0 atom stereocenters. The highest BCUT2D eigenvalue weighted by Crippen LogP contribution is 2.33. The Bertz CT molecular complexity index is 482. The van der Waals surface area contributed by atoms with Crippen molar-refractivity contribution < 1.29 is 9.53 Å². The quantitative estimate of drug-likeness (QED) is 0.892. The zero-order valence-electron chi connectivity index (χ0n) is 11.2. The van der Waals surface area contributed by atoms with E-state index >= 15 is 0 Å². The van der Waals surface area contributed by atoms with Crippen molar-refractivity contribution in [2.24, 2.45) is 0 Å². The summed E-state index contributed by atoms with van der Waals surface area (Å²) in [6.45, 7) is 6.23. The van der Waals surface area contributed by atoms with Gasteiger partial charge in [-0.3, -0.25) is 4.79 Å². The third kappa shape index (κ3) is 3.49. The highest BCUT2D eigenvalue weighted by atomic mass is 16.5. The molecule has 0 unspecified atom stereocenters. The largest absolute Gasteiger partial charge is 0.496 e. The van der Waals surface area contributed by atoms with Crippen molar-refractivity contribution in [2.75, 3.05) is 12.4 Å². The summed E-state index contributed by atoms with van der Waals surface area (Å²) >= 11 is 0. The molecule has 96 valence electrons. The number of nitriles is 1. The van der Waals surface area contributed by atoms with Crippen LogP contribution in [0.3, 0.4) is 0 Å². The molecule has 0 spiro atoms. The first kappa shape index (κ1) is 14.0. The fourth-order valence-electron chi connectivity index (χ4n) is 1.65. The highest BCUT2D eigenvalue weighted by Gasteiger charge is 2.19. The van der Waals surface area contributed by atoms with Crippen molar-refractivity contribution >= 4 is 11.6 Å². The van der Waals surface area contributed by atoms with E-state index in [1.54, 1.807) is 13.2 Å². The number of carbonyl (C=O) groups is 1. The maximum absolute atomic E-state index is 11.4. The summed E-state index contributed by atoms with van der Waals surface area (Å²) in [5, 5.41) is 11.1. The summed E-state index contributed by atoms with van der Waals surface area (Å²) in [6, 6.07) is 7.29. The van der Waals surface area contributed by atoms with Crippen LogP contribution in [-0.2, 0) is 10.2 Å². The standard InChI is InChI=1S/C14H18N2O2/c1-14(2,3)11-9-10(5-6-12(11)18-4)16-13(17)7-8-15/h5-6,9H,7H2,1-4H3,(H,16,17). The lowest BCUT2D eigenvalue weighted by Gasteiger charge is -2.23. The van der Waals surface area contributed by atoms with Crippen molar-refractivity contribution in [3.63, 3.8) is 0 Å². The number of nitrogens with one attached hydrogen (secondary N) is 1. The number of anilines is 1. The van der Waals surface area contributed by atoms with Gasteiger partial charge in [-0.05, 0) is 23.6 Å². The average Bonchev–Trinajstić information content (AvgIpc) is 2.28. The Labute approximate surface area is 108 Å². The lowest BCUT2D eigenvalue weighted by Crippen LogP contribution is -2.15. The first-order valence-electron chi connectivity index (χ1n) is 5.74. The number of benzene rings is 1. The molecule has 1 aromatic rings. The average molecular weight is 246 g/mol. The number of carbonyl (C=O) groups excluding carboxylic acids is 1. The summed E-state index contributed by atoms with van der Waals surface area (Å²) in [6.07, 6.45) is -0.142. The Kier molecular flexibility index (Phi) is 4.33. The molecule has 1 N–H and O–H groups in total. The fourth-order valence-corrected chi connectivity index (χ4v) is 1.65. The summed E-state index contributed by atoms with van der Waals surface area (Å²) < 4.78 is 5.31. The molecule has 1 aromatic carbocycles. The molecule has 0 heterocycles. The second kappa shape index (κ2) is 5.54. The van der Waals surface area contributed by atoms with Crippen LogP contribution in [0.2, 0.25) is 0 Å². The SMILES string of the molecule is COc1ccc(NC(=O)CC#N)cc1C(C)(C)C. The van der Waals surface area contributed by atoms with Crippen molar-refractivity contribution in [2.45, 2.75) is 32.6 Å². The number of amides is 1. The summed E-state index contributed by atoms with van der Waals surface area (Å²) in [5.74, 6) is 0.489. The maximum atomic E-state index is 11.4. The van der Waals surface area contributed by atoms with Crippen LogP contribution in [0.25, 0.3) is 0 Å². The lowest BCUT2D eigenvalue weighted by atomic mass is 9.86. The van der Waals surface area contributed by atoms with Gasteiger partial charge in [0, 0.05) is 11.3 Å². The molecule has 0 bridgehead atoms. The van der Waals surface area contributed by atoms with E-state index in [4.69, 9.17) is 10.00 Å². The Morgan fingerprint density at radius 3 is 2.61 bits per heavy atom. The molecule has 1 rings (SSSR count). The van der Waals surface area contributed by atoms with Gasteiger partial charge in [-0.15, -0.1) is 0 Å². The fraction of sp³-hybridized carbons (Fsp3) is 0.429. The van der Waals surface area contributed by atoms with E-state index in [0.29, 0.717) is 5.69 Å². The van der Waals surface area contributed by atoms with E-state index < -0.39 is 0 Å². The Morgan fingerprint density at radius 2 is 2.11 bits per heavy atom.